The first-order valence-corrected chi connectivity index (χ1v) is 19.3. The summed E-state index contributed by atoms with van der Waals surface area (Å²) in [7, 11) is 0. The number of aliphatic imine (C=N–C) groups is 2. The van der Waals surface area contributed by atoms with E-state index >= 15 is 0 Å². The van der Waals surface area contributed by atoms with E-state index in [1.54, 1.807) is 18.3 Å². The zero-order valence-electron chi connectivity index (χ0n) is 31.4. The van der Waals surface area contributed by atoms with Crippen LogP contribution in [-0.4, -0.2) is 22.5 Å². The van der Waals surface area contributed by atoms with Gasteiger partial charge >= 0.3 is 0 Å². The molecule has 0 radical (unpaired) electrons. The Kier molecular flexibility index (Phi) is 8.51. The highest BCUT2D eigenvalue weighted by Crippen LogP contribution is 2.57. The van der Waals surface area contributed by atoms with E-state index in [4.69, 9.17) is 9.98 Å². The second kappa shape index (κ2) is 14.3. The minimum absolute atomic E-state index is 0.0636. The third-order valence-electron chi connectivity index (χ3n) is 11.2. The second-order valence-electron chi connectivity index (χ2n) is 14.5. The maximum atomic E-state index is 9.65. The summed E-state index contributed by atoms with van der Waals surface area (Å²) in [6.45, 7) is 0. The Morgan fingerprint density at radius 3 is 1.97 bits per heavy atom. The largest absolute Gasteiger partial charge is 0.309 e. The fourth-order valence-electron chi connectivity index (χ4n) is 8.71. The third-order valence-corrected chi connectivity index (χ3v) is 11.2. The van der Waals surface area contributed by atoms with E-state index in [-0.39, 0.29) is 5.84 Å². The molecule has 272 valence electrons. The SMILES string of the molecule is N#Cc1cccc(C(N=Cc2ccccc2)=NC(=N)c2cccc(-n3c4ccccc4c4cc5c(cc43)C(c3ccccc3)(c3ccccc3)c3ccccc3-5)c2)c1. The molecule has 58 heavy (non-hydrogen) atoms. The molecule has 0 bridgehead atoms. The van der Waals surface area contributed by atoms with Gasteiger partial charge < -0.3 is 4.57 Å². The van der Waals surface area contributed by atoms with Crippen molar-refractivity contribution in [2.45, 2.75) is 5.41 Å². The van der Waals surface area contributed by atoms with Crippen molar-refractivity contribution in [1.82, 2.24) is 4.57 Å². The van der Waals surface area contributed by atoms with Crippen LogP contribution >= 0.6 is 0 Å². The fraction of sp³-hybridized carbons (Fsp3) is 0.0189. The molecular formula is C53H35N5. The summed E-state index contributed by atoms with van der Waals surface area (Å²) in [6, 6.07) is 71.1. The molecule has 5 heteroatoms. The monoisotopic (exact) mass is 741 g/mol. The lowest BCUT2D eigenvalue weighted by Crippen LogP contribution is -2.28. The maximum Gasteiger partial charge on any atom is 0.161 e. The average molecular weight is 742 g/mol. The molecule has 1 aromatic heterocycles. The van der Waals surface area contributed by atoms with Crippen molar-refractivity contribution in [2.24, 2.45) is 9.98 Å². The third kappa shape index (κ3) is 5.67. The van der Waals surface area contributed by atoms with E-state index < -0.39 is 5.41 Å². The summed E-state index contributed by atoms with van der Waals surface area (Å²) >= 11 is 0. The number of hydrogen-bond donors (Lipinski definition) is 1. The molecule has 0 fully saturated rings. The van der Waals surface area contributed by atoms with Crippen molar-refractivity contribution in [3.63, 3.8) is 0 Å². The molecule has 1 N–H and O–H groups in total. The Bertz CT molecular complexity index is 3090. The number of nitrogens with zero attached hydrogens (tertiary/aromatic N) is 4. The van der Waals surface area contributed by atoms with Gasteiger partial charge in [0.25, 0.3) is 0 Å². The zero-order chi connectivity index (χ0) is 39.1. The highest BCUT2D eigenvalue weighted by molar-refractivity contribution is 6.14. The molecule has 1 aliphatic carbocycles. The number of benzene rings is 8. The van der Waals surface area contributed by atoms with Crippen LogP contribution in [0.1, 0.15) is 44.5 Å². The first kappa shape index (κ1) is 34.5. The van der Waals surface area contributed by atoms with Crippen LogP contribution in [0, 0.1) is 16.7 Å². The number of hydrogen-bond acceptors (Lipinski definition) is 2. The van der Waals surface area contributed by atoms with Gasteiger partial charge in [0.1, 0.15) is 0 Å². The van der Waals surface area contributed by atoms with Crippen LogP contribution in [-0.2, 0) is 5.41 Å². The molecular weight excluding hydrogens is 707 g/mol. The number of aromatic nitrogens is 1. The molecule has 0 aliphatic heterocycles. The van der Waals surface area contributed by atoms with Crippen LogP contribution in [0.25, 0.3) is 38.6 Å². The van der Waals surface area contributed by atoms with E-state index in [0.717, 1.165) is 33.1 Å². The summed E-state index contributed by atoms with van der Waals surface area (Å²) in [5.41, 5.74) is 12.6. The van der Waals surface area contributed by atoms with Gasteiger partial charge in [-0.15, -0.1) is 0 Å². The lowest BCUT2D eigenvalue weighted by Gasteiger charge is -2.34. The van der Waals surface area contributed by atoms with Gasteiger partial charge in [0.2, 0.25) is 0 Å². The smallest absolute Gasteiger partial charge is 0.161 e. The Balaban J connectivity index is 1.17. The maximum absolute atomic E-state index is 9.65. The van der Waals surface area contributed by atoms with Gasteiger partial charge in [-0.3, -0.25) is 5.41 Å². The standard InChI is InChI=1S/C53H35N5/c54-34-37-18-14-20-39(30-37)52(56-35-36-16-4-1-5-17-36)57-51(55)38-19-15-25-42(31-38)58-49-29-13-11-27-44(49)46-32-45-43-26-10-12-28-47(43)53(48(45)33-50(46)58,40-21-6-2-7-22-40)41-23-8-3-9-24-41/h1-33,35,55H. The number of nitriles is 1. The lowest BCUT2D eigenvalue weighted by molar-refractivity contribution is 0.769. The van der Waals surface area contributed by atoms with Crippen LogP contribution in [0.15, 0.2) is 210 Å². The van der Waals surface area contributed by atoms with Gasteiger partial charge in [-0.25, -0.2) is 9.98 Å². The van der Waals surface area contributed by atoms with Crippen LogP contribution in [0.2, 0.25) is 0 Å². The predicted octanol–water partition coefficient (Wildman–Crippen LogP) is 11.9. The van der Waals surface area contributed by atoms with Gasteiger partial charge in [-0.1, -0.05) is 158 Å². The summed E-state index contributed by atoms with van der Waals surface area (Å²) in [6.07, 6.45) is 1.74. The van der Waals surface area contributed by atoms with E-state index in [9.17, 15) is 10.7 Å². The molecule has 1 aliphatic rings. The first-order chi connectivity index (χ1) is 28.6. The number of fused-ring (bicyclic) bond motifs is 6. The molecule has 8 aromatic carbocycles. The van der Waals surface area contributed by atoms with Crippen molar-refractivity contribution in [3.8, 4) is 22.9 Å². The van der Waals surface area contributed by atoms with E-state index in [2.05, 4.69) is 138 Å². The normalized spacial score (nSPS) is 13.1. The van der Waals surface area contributed by atoms with E-state index in [0.29, 0.717) is 22.5 Å². The van der Waals surface area contributed by atoms with Crippen LogP contribution in [0.4, 0.5) is 0 Å². The zero-order valence-corrected chi connectivity index (χ0v) is 31.4. The molecule has 1 heterocycles. The molecule has 0 unspecified atom stereocenters. The Morgan fingerprint density at radius 2 is 1.21 bits per heavy atom. The molecule has 5 nitrogen and oxygen atoms in total. The Hall–Kier alpha value is -7.94. The summed E-state index contributed by atoms with van der Waals surface area (Å²) in [4.78, 5) is 9.54. The molecule has 0 saturated heterocycles. The second-order valence-corrected chi connectivity index (χ2v) is 14.5. The summed E-state index contributed by atoms with van der Waals surface area (Å²) < 4.78 is 2.32. The number of rotatable bonds is 6. The Morgan fingerprint density at radius 1 is 0.552 bits per heavy atom. The Labute approximate surface area is 336 Å². The quantitative estimate of drug-likeness (QED) is 0.134. The highest BCUT2D eigenvalue weighted by atomic mass is 15.0. The average Bonchev–Trinajstić information content (AvgIpc) is 3.78. The summed E-state index contributed by atoms with van der Waals surface area (Å²) in [5.74, 6) is 0.412. The molecule has 0 amide bonds. The topological polar surface area (TPSA) is 77.3 Å². The van der Waals surface area contributed by atoms with Crippen LogP contribution in [0.3, 0.4) is 0 Å². The first-order valence-electron chi connectivity index (χ1n) is 19.3. The highest BCUT2D eigenvalue weighted by Gasteiger charge is 2.46. The minimum atomic E-state index is -0.540. The van der Waals surface area contributed by atoms with Gasteiger partial charge in [0, 0.05) is 33.8 Å². The fourth-order valence-corrected chi connectivity index (χ4v) is 8.71. The number of amidine groups is 2. The van der Waals surface area contributed by atoms with Gasteiger partial charge in [-0.05, 0) is 81.4 Å². The number of nitrogens with one attached hydrogen (secondary N) is 1. The summed E-state index contributed by atoms with van der Waals surface area (Å²) in [5, 5.41) is 21.3. The van der Waals surface area contributed by atoms with E-state index in [1.165, 1.54) is 33.4 Å². The molecule has 0 atom stereocenters. The number of para-hydroxylation sites is 1. The van der Waals surface area contributed by atoms with Crippen molar-refractivity contribution in [1.29, 1.82) is 10.7 Å². The van der Waals surface area contributed by atoms with Crippen LogP contribution < -0.4 is 0 Å². The van der Waals surface area contributed by atoms with Gasteiger partial charge in [0.05, 0.1) is 28.1 Å². The molecule has 0 saturated carbocycles. The van der Waals surface area contributed by atoms with Crippen molar-refractivity contribution in [2.75, 3.05) is 0 Å². The molecule has 10 rings (SSSR count). The minimum Gasteiger partial charge on any atom is -0.309 e. The predicted molar refractivity (Wildman–Crippen MR) is 237 cm³/mol. The van der Waals surface area contributed by atoms with Crippen LogP contribution in [0.5, 0.6) is 0 Å². The van der Waals surface area contributed by atoms with Gasteiger partial charge in [-0.2, -0.15) is 5.26 Å². The molecule has 0 spiro atoms. The van der Waals surface area contributed by atoms with E-state index in [1.807, 2.05) is 60.7 Å². The lowest BCUT2D eigenvalue weighted by atomic mass is 9.67. The van der Waals surface area contributed by atoms with Crippen molar-refractivity contribution < 1.29 is 0 Å². The molecule has 9 aromatic rings. The van der Waals surface area contributed by atoms with Gasteiger partial charge in [0.15, 0.2) is 11.7 Å². The van der Waals surface area contributed by atoms with Crippen molar-refractivity contribution >= 4 is 39.7 Å². The van der Waals surface area contributed by atoms with Crippen molar-refractivity contribution in [3.05, 3.63) is 245 Å².